The number of pyridine rings is 2. The van der Waals surface area contributed by atoms with Crippen LogP contribution in [0.3, 0.4) is 0 Å². The molecule has 4 aromatic rings. The van der Waals surface area contributed by atoms with Crippen molar-refractivity contribution in [1.82, 2.24) is 20.2 Å². The van der Waals surface area contributed by atoms with Gasteiger partial charge in [0.15, 0.2) is 5.78 Å². The van der Waals surface area contributed by atoms with Crippen LogP contribution in [0.5, 0.6) is 0 Å². The van der Waals surface area contributed by atoms with Gasteiger partial charge in [-0.3, -0.25) is 24.2 Å². The summed E-state index contributed by atoms with van der Waals surface area (Å²) in [4.78, 5) is 56.0. The molecular formula is C31H30FN5O4. The third-order valence-corrected chi connectivity index (χ3v) is 6.77. The second-order valence-electron chi connectivity index (χ2n) is 9.55. The Kier molecular flexibility index (Phi) is 8.84. The number of anilines is 1. The Balaban J connectivity index is 1.81. The maximum atomic E-state index is 13.8. The molecule has 2 aromatic heterocycles. The number of nitrogens with one attached hydrogen (secondary N) is 3. The van der Waals surface area contributed by atoms with E-state index in [4.69, 9.17) is 0 Å². The molecule has 4 rings (SSSR count). The normalized spacial score (nSPS) is 11.5. The third-order valence-electron chi connectivity index (χ3n) is 6.77. The number of halogens is 1. The quantitative estimate of drug-likeness (QED) is 0.272. The van der Waals surface area contributed by atoms with Crippen molar-refractivity contribution in [2.45, 2.75) is 26.4 Å². The summed E-state index contributed by atoms with van der Waals surface area (Å²) in [5.74, 6) is -1.45. The molecule has 0 saturated heterocycles. The highest BCUT2D eigenvalue weighted by molar-refractivity contribution is 6.08. The van der Waals surface area contributed by atoms with Crippen molar-refractivity contribution in [3.63, 3.8) is 0 Å². The molecule has 0 spiro atoms. The Hall–Kier alpha value is -4.96. The molecular weight excluding hydrogens is 525 g/mol. The Morgan fingerprint density at radius 2 is 1.63 bits per heavy atom. The summed E-state index contributed by atoms with van der Waals surface area (Å²) in [6.07, 6.45) is 2.95. The van der Waals surface area contributed by atoms with Crippen LogP contribution in [-0.2, 0) is 11.3 Å². The Labute approximate surface area is 236 Å². The third kappa shape index (κ3) is 6.44. The molecule has 0 radical (unpaired) electrons. The van der Waals surface area contributed by atoms with Gasteiger partial charge in [-0.2, -0.15) is 0 Å². The number of rotatable bonds is 9. The second-order valence-corrected chi connectivity index (χ2v) is 9.55. The van der Waals surface area contributed by atoms with Crippen LogP contribution in [0.15, 0.2) is 77.9 Å². The molecule has 210 valence electrons. The molecule has 2 aromatic carbocycles. The van der Waals surface area contributed by atoms with Crippen LogP contribution in [0, 0.1) is 12.7 Å². The fourth-order valence-corrected chi connectivity index (χ4v) is 4.27. The number of benzene rings is 2. The monoisotopic (exact) mass is 555 g/mol. The minimum Gasteiger partial charge on any atom is -0.355 e. The van der Waals surface area contributed by atoms with E-state index in [0.29, 0.717) is 27.9 Å². The summed E-state index contributed by atoms with van der Waals surface area (Å²) >= 11 is 0. The van der Waals surface area contributed by atoms with Crippen LogP contribution in [0.25, 0.3) is 11.3 Å². The standard InChI is InChI=1S/C31H30FN5O4/c1-18-5-6-22(30(40)34-4)14-25(18)27-12-11-26(36-29(39)19(2)33-3)31(41)37(27)17-20-13-23(16-35-15-20)28(38)21-7-9-24(32)10-8-21/h5-16,19,33H,17H2,1-4H3,(H,34,40)(H,36,39)/t19-/m0/s1. The Morgan fingerprint density at radius 3 is 2.32 bits per heavy atom. The summed E-state index contributed by atoms with van der Waals surface area (Å²) in [6, 6.07) is 14.7. The predicted molar refractivity (Wildman–Crippen MR) is 155 cm³/mol. The lowest BCUT2D eigenvalue weighted by Crippen LogP contribution is -2.37. The molecule has 41 heavy (non-hydrogen) atoms. The van der Waals surface area contributed by atoms with Crippen molar-refractivity contribution in [3.8, 4) is 11.3 Å². The van der Waals surface area contributed by atoms with E-state index < -0.39 is 17.4 Å². The summed E-state index contributed by atoms with van der Waals surface area (Å²) < 4.78 is 14.8. The summed E-state index contributed by atoms with van der Waals surface area (Å²) in [6.45, 7) is 3.55. The number of carbonyl (C=O) groups excluding carboxylic acids is 3. The topological polar surface area (TPSA) is 122 Å². The molecule has 0 saturated carbocycles. The molecule has 1 atom stereocenters. The average Bonchev–Trinajstić information content (AvgIpc) is 2.99. The molecule has 9 nitrogen and oxygen atoms in total. The number of amides is 2. The van der Waals surface area contributed by atoms with E-state index in [1.54, 1.807) is 50.5 Å². The van der Waals surface area contributed by atoms with E-state index in [1.807, 2.05) is 6.92 Å². The first-order valence-corrected chi connectivity index (χ1v) is 12.9. The smallest absolute Gasteiger partial charge is 0.275 e. The van der Waals surface area contributed by atoms with E-state index in [2.05, 4.69) is 20.9 Å². The lowest BCUT2D eigenvalue weighted by atomic mass is 10.00. The Bertz CT molecular complexity index is 1680. The largest absolute Gasteiger partial charge is 0.355 e. The van der Waals surface area contributed by atoms with Crippen LogP contribution in [0.4, 0.5) is 10.1 Å². The van der Waals surface area contributed by atoms with Crippen LogP contribution in [-0.4, -0.2) is 47.3 Å². The van der Waals surface area contributed by atoms with Crippen LogP contribution >= 0.6 is 0 Å². The number of carbonyl (C=O) groups is 3. The van der Waals surface area contributed by atoms with Gasteiger partial charge in [0, 0.05) is 41.7 Å². The van der Waals surface area contributed by atoms with Crippen molar-refractivity contribution in [3.05, 3.63) is 117 Å². The van der Waals surface area contributed by atoms with Crippen LogP contribution < -0.4 is 21.5 Å². The van der Waals surface area contributed by atoms with Crippen LogP contribution in [0.2, 0.25) is 0 Å². The molecule has 0 aliphatic carbocycles. The maximum Gasteiger partial charge on any atom is 0.275 e. The van der Waals surface area contributed by atoms with E-state index in [-0.39, 0.29) is 35.4 Å². The van der Waals surface area contributed by atoms with Crippen molar-refractivity contribution in [2.24, 2.45) is 0 Å². The zero-order valence-corrected chi connectivity index (χ0v) is 23.1. The summed E-state index contributed by atoms with van der Waals surface area (Å²) in [5.41, 5.74) is 3.12. The van der Waals surface area contributed by atoms with Gasteiger partial charge in [-0.15, -0.1) is 0 Å². The van der Waals surface area contributed by atoms with Gasteiger partial charge in [0.05, 0.1) is 18.3 Å². The van der Waals surface area contributed by atoms with E-state index in [0.717, 1.165) is 5.56 Å². The average molecular weight is 556 g/mol. The van der Waals surface area contributed by atoms with Crippen molar-refractivity contribution < 1.29 is 18.8 Å². The molecule has 0 unspecified atom stereocenters. The number of nitrogens with zero attached hydrogens (tertiary/aromatic N) is 2. The van der Waals surface area contributed by atoms with Gasteiger partial charge in [-0.25, -0.2) is 4.39 Å². The molecule has 10 heteroatoms. The highest BCUT2D eigenvalue weighted by atomic mass is 19.1. The van der Waals surface area contributed by atoms with Gasteiger partial charge in [0.25, 0.3) is 11.5 Å². The van der Waals surface area contributed by atoms with Crippen molar-refractivity contribution >= 4 is 23.3 Å². The number of aromatic nitrogens is 2. The fourth-order valence-electron chi connectivity index (χ4n) is 4.27. The van der Waals surface area contributed by atoms with E-state index in [1.165, 1.54) is 48.1 Å². The lowest BCUT2D eigenvalue weighted by molar-refractivity contribution is -0.117. The Morgan fingerprint density at radius 1 is 0.927 bits per heavy atom. The maximum absolute atomic E-state index is 13.8. The molecule has 0 bridgehead atoms. The van der Waals surface area contributed by atoms with Gasteiger partial charge >= 0.3 is 0 Å². The summed E-state index contributed by atoms with van der Waals surface area (Å²) in [7, 11) is 3.18. The van der Waals surface area contributed by atoms with Crippen molar-refractivity contribution in [2.75, 3.05) is 19.4 Å². The minimum atomic E-state index is -0.535. The van der Waals surface area contributed by atoms with Gasteiger partial charge in [0.1, 0.15) is 11.5 Å². The highest BCUT2D eigenvalue weighted by Crippen LogP contribution is 2.26. The van der Waals surface area contributed by atoms with E-state index >= 15 is 0 Å². The zero-order chi connectivity index (χ0) is 29.7. The number of hydrogen-bond acceptors (Lipinski definition) is 6. The first-order valence-electron chi connectivity index (χ1n) is 12.9. The summed E-state index contributed by atoms with van der Waals surface area (Å²) in [5, 5.41) is 8.12. The van der Waals surface area contributed by atoms with E-state index in [9.17, 15) is 23.6 Å². The molecule has 2 amide bonds. The molecule has 0 aliphatic heterocycles. The minimum absolute atomic E-state index is 0.0145. The lowest BCUT2D eigenvalue weighted by Gasteiger charge is -2.18. The molecule has 0 aliphatic rings. The number of hydrogen-bond donors (Lipinski definition) is 3. The number of likely N-dealkylation sites (N-methyl/N-ethyl adjacent to an activating group) is 1. The van der Waals surface area contributed by atoms with Crippen molar-refractivity contribution in [1.29, 1.82) is 0 Å². The SMILES string of the molecule is CNC(=O)c1ccc(C)c(-c2ccc(NC(=O)[C@H](C)NC)c(=O)n2Cc2cncc(C(=O)c3ccc(F)cc3)c2)c1. The fraction of sp³-hybridized carbons (Fsp3) is 0.194. The van der Waals surface area contributed by atoms with Gasteiger partial charge in [-0.1, -0.05) is 6.07 Å². The zero-order valence-electron chi connectivity index (χ0n) is 23.1. The number of ketones is 1. The van der Waals surface area contributed by atoms with Gasteiger partial charge < -0.3 is 20.5 Å². The highest BCUT2D eigenvalue weighted by Gasteiger charge is 2.19. The van der Waals surface area contributed by atoms with Crippen LogP contribution in [0.1, 0.15) is 44.3 Å². The molecule has 3 N–H and O–H groups in total. The predicted octanol–water partition coefficient (Wildman–Crippen LogP) is 3.54. The number of aryl methyl sites for hydroxylation is 1. The second kappa shape index (κ2) is 12.5. The van der Waals surface area contributed by atoms with Gasteiger partial charge in [0.2, 0.25) is 5.91 Å². The molecule has 2 heterocycles. The first-order chi connectivity index (χ1) is 19.6. The first kappa shape index (κ1) is 29.0. The van der Waals surface area contributed by atoms with Gasteiger partial charge in [-0.05, 0) is 86.6 Å². The molecule has 0 fully saturated rings.